The summed E-state index contributed by atoms with van der Waals surface area (Å²) in [5, 5.41) is 12.4. The molecular formula is C17H26N2O4. The second-order valence-corrected chi connectivity index (χ2v) is 7.33. The lowest BCUT2D eigenvalue weighted by Crippen LogP contribution is -2.58. The first-order valence-corrected chi connectivity index (χ1v) is 8.86. The number of nitrogens with zero attached hydrogens (tertiary/aromatic N) is 1. The molecule has 0 aromatic carbocycles. The van der Waals surface area contributed by atoms with Gasteiger partial charge in [0.1, 0.15) is 5.54 Å². The van der Waals surface area contributed by atoms with Gasteiger partial charge in [0.05, 0.1) is 5.92 Å². The first kappa shape index (κ1) is 16.3. The zero-order valence-corrected chi connectivity index (χ0v) is 13.6. The Kier molecular flexibility index (Phi) is 4.60. The van der Waals surface area contributed by atoms with E-state index in [-0.39, 0.29) is 23.7 Å². The lowest BCUT2D eigenvalue weighted by atomic mass is 9.81. The Labute approximate surface area is 136 Å². The number of hydrogen-bond acceptors (Lipinski definition) is 3. The molecule has 1 unspecified atom stereocenters. The predicted octanol–water partition coefficient (Wildman–Crippen LogP) is 1.54. The van der Waals surface area contributed by atoms with Gasteiger partial charge in [-0.05, 0) is 38.5 Å². The van der Waals surface area contributed by atoms with E-state index in [0.717, 1.165) is 51.5 Å². The van der Waals surface area contributed by atoms with Crippen molar-refractivity contribution >= 4 is 17.8 Å². The van der Waals surface area contributed by atoms with Crippen molar-refractivity contribution in [3.05, 3.63) is 0 Å². The molecule has 2 N–H and O–H groups in total. The van der Waals surface area contributed by atoms with E-state index < -0.39 is 11.5 Å². The second-order valence-electron chi connectivity index (χ2n) is 7.33. The van der Waals surface area contributed by atoms with Crippen LogP contribution in [0.2, 0.25) is 0 Å². The summed E-state index contributed by atoms with van der Waals surface area (Å²) in [5.41, 5.74) is -1.10. The highest BCUT2D eigenvalue weighted by atomic mass is 16.4. The zero-order valence-electron chi connectivity index (χ0n) is 13.6. The molecule has 1 atom stereocenters. The van der Waals surface area contributed by atoms with Crippen LogP contribution < -0.4 is 5.32 Å². The van der Waals surface area contributed by atoms with Crippen LogP contribution in [0.15, 0.2) is 0 Å². The van der Waals surface area contributed by atoms with E-state index in [1.165, 1.54) is 0 Å². The minimum Gasteiger partial charge on any atom is -0.480 e. The summed E-state index contributed by atoms with van der Waals surface area (Å²) in [4.78, 5) is 38.3. The van der Waals surface area contributed by atoms with Crippen LogP contribution in [0.1, 0.15) is 57.8 Å². The maximum absolute atomic E-state index is 12.6. The fourth-order valence-corrected chi connectivity index (χ4v) is 3.87. The summed E-state index contributed by atoms with van der Waals surface area (Å²) in [6.45, 7) is 1.17. The monoisotopic (exact) mass is 322 g/mol. The van der Waals surface area contributed by atoms with E-state index in [2.05, 4.69) is 5.32 Å². The molecule has 0 radical (unpaired) electrons. The Bertz CT molecular complexity index is 495. The van der Waals surface area contributed by atoms with Gasteiger partial charge in [-0.1, -0.05) is 19.3 Å². The van der Waals surface area contributed by atoms with Gasteiger partial charge in [-0.25, -0.2) is 4.79 Å². The quantitative estimate of drug-likeness (QED) is 0.822. The Hall–Kier alpha value is -1.59. The number of nitrogens with one attached hydrogen (secondary N) is 1. The predicted molar refractivity (Wildman–Crippen MR) is 83.6 cm³/mol. The zero-order chi connectivity index (χ0) is 16.4. The first-order chi connectivity index (χ1) is 11.0. The van der Waals surface area contributed by atoms with Crippen LogP contribution in [0, 0.1) is 11.8 Å². The van der Waals surface area contributed by atoms with Gasteiger partial charge in [-0.2, -0.15) is 0 Å². The molecule has 1 aliphatic heterocycles. The average Bonchev–Trinajstić information content (AvgIpc) is 3.40. The standard InChI is InChI=1S/C17H26N2O4/c20-14(18-17(16(22)23)8-2-1-3-9-17)13-5-4-10-19(11-13)15(21)12-6-7-12/h12-13H,1-11H2,(H,18,20)(H,22,23). The molecule has 2 aliphatic carbocycles. The van der Waals surface area contributed by atoms with E-state index in [9.17, 15) is 19.5 Å². The third-order valence-electron chi connectivity index (χ3n) is 5.51. The third-order valence-corrected chi connectivity index (χ3v) is 5.51. The molecule has 3 fully saturated rings. The fourth-order valence-electron chi connectivity index (χ4n) is 3.87. The normalized spacial score (nSPS) is 27.3. The molecular weight excluding hydrogens is 296 g/mol. The summed E-state index contributed by atoms with van der Waals surface area (Å²) in [6, 6.07) is 0. The molecule has 0 bridgehead atoms. The van der Waals surface area contributed by atoms with Gasteiger partial charge in [-0.15, -0.1) is 0 Å². The summed E-state index contributed by atoms with van der Waals surface area (Å²) < 4.78 is 0. The van der Waals surface area contributed by atoms with Crippen molar-refractivity contribution in [3.63, 3.8) is 0 Å². The van der Waals surface area contributed by atoms with Crippen LogP contribution in [0.4, 0.5) is 0 Å². The fraction of sp³-hybridized carbons (Fsp3) is 0.824. The van der Waals surface area contributed by atoms with Crippen molar-refractivity contribution in [3.8, 4) is 0 Å². The number of piperidine rings is 1. The minimum atomic E-state index is -1.10. The van der Waals surface area contributed by atoms with Gasteiger partial charge in [0.15, 0.2) is 0 Å². The Balaban J connectivity index is 1.62. The summed E-state index contributed by atoms with van der Waals surface area (Å²) in [5.74, 6) is -1.05. The molecule has 1 saturated heterocycles. The smallest absolute Gasteiger partial charge is 0.329 e. The summed E-state index contributed by atoms with van der Waals surface area (Å²) in [7, 11) is 0. The van der Waals surface area contributed by atoms with E-state index in [1.54, 1.807) is 4.90 Å². The Morgan fingerprint density at radius 2 is 1.65 bits per heavy atom. The van der Waals surface area contributed by atoms with Crippen LogP contribution in [0.25, 0.3) is 0 Å². The molecule has 6 heteroatoms. The maximum Gasteiger partial charge on any atom is 0.329 e. The van der Waals surface area contributed by atoms with E-state index >= 15 is 0 Å². The Morgan fingerprint density at radius 1 is 0.957 bits per heavy atom. The second kappa shape index (κ2) is 6.49. The number of carbonyl (C=O) groups is 3. The number of likely N-dealkylation sites (tertiary alicyclic amines) is 1. The molecule has 3 rings (SSSR count). The molecule has 2 amide bonds. The molecule has 6 nitrogen and oxygen atoms in total. The average molecular weight is 322 g/mol. The van der Waals surface area contributed by atoms with Gasteiger partial charge >= 0.3 is 5.97 Å². The van der Waals surface area contributed by atoms with Crippen LogP contribution in [-0.4, -0.2) is 46.4 Å². The lowest BCUT2D eigenvalue weighted by Gasteiger charge is -2.37. The molecule has 2 saturated carbocycles. The van der Waals surface area contributed by atoms with E-state index in [4.69, 9.17) is 0 Å². The van der Waals surface area contributed by atoms with Gasteiger partial charge in [0.2, 0.25) is 11.8 Å². The number of hydrogen-bond donors (Lipinski definition) is 2. The highest BCUT2D eigenvalue weighted by molar-refractivity contribution is 5.89. The summed E-state index contributed by atoms with van der Waals surface area (Å²) >= 11 is 0. The van der Waals surface area contributed by atoms with Crippen LogP contribution in [-0.2, 0) is 14.4 Å². The van der Waals surface area contributed by atoms with Crippen molar-refractivity contribution < 1.29 is 19.5 Å². The van der Waals surface area contributed by atoms with Crippen molar-refractivity contribution in [2.75, 3.05) is 13.1 Å². The van der Waals surface area contributed by atoms with E-state index in [1.807, 2.05) is 0 Å². The molecule has 0 spiro atoms. The van der Waals surface area contributed by atoms with Gasteiger partial charge in [0.25, 0.3) is 0 Å². The van der Waals surface area contributed by atoms with Crippen LogP contribution >= 0.6 is 0 Å². The van der Waals surface area contributed by atoms with Gasteiger partial charge in [0, 0.05) is 19.0 Å². The number of amides is 2. The SMILES string of the molecule is O=C(NC1(C(=O)O)CCCCC1)C1CCCN(C(=O)C2CC2)C1. The molecule has 0 aromatic heterocycles. The number of carboxylic acid groups (broad SMARTS) is 1. The van der Waals surface area contributed by atoms with Crippen LogP contribution in [0.5, 0.6) is 0 Å². The minimum absolute atomic E-state index is 0.167. The number of carboxylic acids is 1. The summed E-state index contributed by atoms with van der Waals surface area (Å²) in [6.07, 6.45) is 7.19. The molecule has 3 aliphatic rings. The van der Waals surface area contributed by atoms with Gasteiger partial charge < -0.3 is 15.3 Å². The molecule has 0 aromatic rings. The first-order valence-electron chi connectivity index (χ1n) is 8.86. The maximum atomic E-state index is 12.6. The largest absolute Gasteiger partial charge is 0.480 e. The van der Waals surface area contributed by atoms with Crippen LogP contribution in [0.3, 0.4) is 0 Å². The van der Waals surface area contributed by atoms with Crippen molar-refractivity contribution in [2.45, 2.75) is 63.3 Å². The van der Waals surface area contributed by atoms with Crippen molar-refractivity contribution in [2.24, 2.45) is 11.8 Å². The van der Waals surface area contributed by atoms with Gasteiger partial charge in [-0.3, -0.25) is 9.59 Å². The van der Waals surface area contributed by atoms with E-state index in [0.29, 0.717) is 19.4 Å². The highest BCUT2D eigenvalue weighted by Crippen LogP contribution is 2.33. The third kappa shape index (κ3) is 3.51. The number of rotatable bonds is 4. The topological polar surface area (TPSA) is 86.7 Å². The lowest BCUT2D eigenvalue weighted by molar-refractivity contribution is -0.151. The number of aliphatic carboxylic acids is 1. The highest BCUT2D eigenvalue weighted by Gasteiger charge is 2.43. The molecule has 23 heavy (non-hydrogen) atoms. The van der Waals surface area contributed by atoms with Crippen molar-refractivity contribution in [1.82, 2.24) is 10.2 Å². The number of carbonyl (C=O) groups excluding carboxylic acids is 2. The molecule has 128 valence electrons. The molecule has 1 heterocycles. The van der Waals surface area contributed by atoms with Crippen molar-refractivity contribution in [1.29, 1.82) is 0 Å². The Morgan fingerprint density at radius 3 is 2.26 bits per heavy atom.